The van der Waals surface area contributed by atoms with Crippen LogP contribution in [0.25, 0.3) is 0 Å². The lowest BCUT2D eigenvalue weighted by molar-refractivity contribution is -0.166. The van der Waals surface area contributed by atoms with Crippen molar-refractivity contribution in [2.45, 2.75) is 264 Å². The summed E-state index contributed by atoms with van der Waals surface area (Å²) < 4.78 is 16.8. The van der Waals surface area contributed by atoms with E-state index < -0.39 is 12.1 Å². The summed E-state index contributed by atoms with van der Waals surface area (Å²) in [5.74, 6) is -1.07. The lowest BCUT2D eigenvalue weighted by atomic mass is 10.0. The Hall–Kier alpha value is -4.97. The van der Waals surface area contributed by atoms with Crippen LogP contribution in [0.5, 0.6) is 0 Å². The Balaban J connectivity index is 4.41. The van der Waals surface area contributed by atoms with Crippen LogP contribution >= 0.6 is 0 Å². The number of unbranched alkanes of at least 4 members (excludes halogenated alkanes) is 19. The second kappa shape index (κ2) is 64.6. The summed E-state index contributed by atoms with van der Waals surface area (Å²) in [5, 5.41) is 0. The van der Waals surface area contributed by atoms with Crippen molar-refractivity contribution in [1.29, 1.82) is 0 Å². The van der Waals surface area contributed by atoms with E-state index in [0.717, 1.165) is 128 Å². The lowest BCUT2D eigenvalue weighted by Gasteiger charge is -2.18. The van der Waals surface area contributed by atoms with E-state index in [-0.39, 0.29) is 31.6 Å². The molecule has 6 heteroatoms. The fourth-order valence-corrected chi connectivity index (χ4v) is 8.18. The summed E-state index contributed by atoms with van der Waals surface area (Å²) in [6, 6.07) is 0. The smallest absolute Gasteiger partial charge is 0.310 e. The predicted octanol–water partition coefficient (Wildman–Crippen LogP) is 21.7. The van der Waals surface area contributed by atoms with Crippen molar-refractivity contribution >= 4 is 17.9 Å². The summed E-state index contributed by atoms with van der Waals surface area (Å²) >= 11 is 0. The van der Waals surface area contributed by atoms with Crippen LogP contribution in [0.15, 0.2) is 158 Å². The summed E-state index contributed by atoms with van der Waals surface area (Å²) in [4.78, 5) is 38.2. The molecule has 438 valence electrons. The molecule has 0 bridgehead atoms. The molecular weight excluding hydrogens is 961 g/mol. The predicted molar refractivity (Wildman–Crippen MR) is 338 cm³/mol. The molecule has 0 aromatic carbocycles. The zero-order valence-corrected chi connectivity index (χ0v) is 50.1. The standard InChI is InChI=1S/C72H114O6/c1-4-7-10-13-16-19-22-25-28-29-30-31-32-33-34-35-36-37-38-39-40-41-42-43-45-47-50-53-56-59-62-65-71(74)77-68-69(67-76-70(73)64-61-58-55-52-49-46-27-24-21-18-15-12-9-6-3)78-72(75)66-63-60-57-54-51-48-44-26-23-20-17-14-11-8-5-2/h7-8,10-11,16-17,19-20,25-26,28,30-31,33-34,36-37,39-40,42-44,51,54,60,63,69H,4-6,9,12-15,18,21-24,27,29,32,35,38,41,45-50,52-53,55-59,61-62,64-68H2,1-3H3/b10-7-,11-8-,19-16-,20-17-,28-25-,31-30-,34-33-,37-36-,40-39-,43-42-,44-26-,54-51-,63-60-. The number of ether oxygens (including phenoxy) is 3. The summed E-state index contributed by atoms with van der Waals surface area (Å²) in [6.45, 7) is 6.31. The van der Waals surface area contributed by atoms with Crippen LogP contribution in [0.4, 0.5) is 0 Å². The summed E-state index contributed by atoms with van der Waals surface area (Å²) in [5.41, 5.74) is 0. The fourth-order valence-electron chi connectivity index (χ4n) is 8.18. The van der Waals surface area contributed by atoms with E-state index in [4.69, 9.17) is 14.2 Å². The molecule has 0 rings (SSSR count). The first-order valence-electron chi connectivity index (χ1n) is 31.5. The molecule has 1 unspecified atom stereocenters. The molecule has 0 heterocycles. The van der Waals surface area contributed by atoms with E-state index in [1.165, 1.54) is 83.5 Å². The molecule has 0 aliphatic rings. The van der Waals surface area contributed by atoms with Crippen LogP contribution in [0.2, 0.25) is 0 Å². The second-order valence-corrected chi connectivity index (χ2v) is 20.2. The Labute approximate surface area is 480 Å². The van der Waals surface area contributed by atoms with Gasteiger partial charge >= 0.3 is 17.9 Å². The molecule has 0 aliphatic carbocycles. The molecule has 6 nitrogen and oxygen atoms in total. The molecule has 0 aromatic rings. The zero-order valence-electron chi connectivity index (χ0n) is 50.1. The maximum absolute atomic E-state index is 12.8. The molecule has 0 saturated carbocycles. The molecular formula is C72H114O6. The van der Waals surface area contributed by atoms with Gasteiger partial charge in [0.15, 0.2) is 6.10 Å². The number of carbonyl (C=O) groups is 3. The zero-order chi connectivity index (χ0) is 56.4. The maximum Gasteiger partial charge on any atom is 0.310 e. The average Bonchev–Trinajstić information content (AvgIpc) is 3.44. The van der Waals surface area contributed by atoms with Crippen molar-refractivity contribution in [2.24, 2.45) is 0 Å². The highest BCUT2D eigenvalue weighted by Gasteiger charge is 2.19. The highest BCUT2D eigenvalue weighted by molar-refractivity contribution is 5.72. The van der Waals surface area contributed by atoms with Gasteiger partial charge in [0.2, 0.25) is 0 Å². The third kappa shape index (κ3) is 61.9. The van der Waals surface area contributed by atoms with E-state index in [2.05, 4.69) is 167 Å². The second-order valence-electron chi connectivity index (χ2n) is 20.2. The maximum atomic E-state index is 12.8. The van der Waals surface area contributed by atoms with Crippen LogP contribution in [-0.2, 0) is 28.6 Å². The van der Waals surface area contributed by atoms with Gasteiger partial charge in [-0.1, -0.05) is 288 Å². The first-order valence-corrected chi connectivity index (χ1v) is 31.5. The van der Waals surface area contributed by atoms with E-state index in [1.807, 2.05) is 6.08 Å². The van der Waals surface area contributed by atoms with Gasteiger partial charge in [-0.3, -0.25) is 14.4 Å². The van der Waals surface area contributed by atoms with Gasteiger partial charge in [0.1, 0.15) is 13.2 Å². The monoisotopic (exact) mass is 1070 g/mol. The highest BCUT2D eigenvalue weighted by Crippen LogP contribution is 2.15. The van der Waals surface area contributed by atoms with Crippen molar-refractivity contribution in [1.82, 2.24) is 0 Å². The van der Waals surface area contributed by atoms with Gasteiger partial charge in [0, 0.05) is 12.8 Å². The van der Waals surface area contributed by atoms with E-state index in [9.17, 15) is 14.4 Å². The molecule has 0 saturated heterocycles. The molecule has 0 radical (unpaired) electrons. The molecule has 0 amide bonds. The third-order valence-electron chi connectivity index (χ3n) is 12.8. The normalized spacial score (nSPS) is 13.2. The molecule has 0 spiro atoms. The number of allylic oxidation sites excluding steroid dienone is 25. The molecule has 0 aromatic heterocycles. The van der Waals surface area contributed by atoms with Gasteiger partial charge in [-0.05, 0) is 109 Å². The van der Waals surface area contributed by atoms with Gasteiger partial charge in [0.05, 0.1) is 6.42 Å². The van der Waals surface area contributed by atoms with Crippen LogP contribution in [-0.4, -0.2) is 37.2 Å². The van der Waals surface area contributed by atoms with Crippen molar-refractivity contribution in [2.75, 3.05) is 13.2 Å². The van der Waals surface area contributed by atoms with E-state index in [0.29, 0.717) is 19.3 Å². The highest BCUT2D eigenvalue weighted by atomic mass is 16.6. The number of hydrogen-bond acceptors (Lipinski definition) is 6. The molecule has 0 aliphatic heterocycles. The quantitative estimate of drug-likeness (QED) is 0.0261. The van der Waals surface area contributed by atoms with Crippen LogP contribution in [0, 0.1) is 0 Å². The van der Waals surface area contributed by atoms with Crippen molar-refractivity contribution < 1.29 is 28.6 Å². The molecule has 0 fully saturated rings. The lowest BCUT2D eigenvalue weighted by Crippen LogP contribution is -2.30. The minimum absolute atomic E-state index is 0.0882. The average molecular weight is 1080 g/mol. The number of hydrogen-bond donors (Lipinski definition) is 0. The minimum atomic E-state index is -0.845. The third-order valence-corrected chi connectivity index (χ3v) is 12.8. The van der Waals surface area contributed by atoms with Crippen LogP contribution in [0.3, 0.4) is 0 Å². The first-order chi connectivity index (χ1) is 38.5. The van der Waals surface area contributed by atoms with Gasteiger partial charge < -0.3 is 14.2 Å². The molecule has 1 atom stereocenters. The van der Waals surface area contributed by atoms with Gasteiger partial charge in [-0.15, -0.1) is 0 Å². The topological polar surface area (TPSA) is 78.9 Å². The van der Waals surface area contributed by atoms with Crippen molar-refractivity contribution in [3.8, 4) is 0 Å². The van der Waals surface area contributed by atoms with Gasteiger partial charge in [0.25, 0.3) is 0 Å². The molecule has 0 N–H and O–H groups in total. The number of carbonyl (C=O) groups excluding carboxylic acids is 3. The van der Waals surface area contributed by atoms with Gasteiger partial charge in [-0.2, -0.15) is 0 Å². The van der Waals surface area contributed by atoms with Crippen molar-refractivity contribution in [3.63, 3.8) is 0 Å². The largest absolute Gasteiger partial charge is 0.462 e. The molecule has 78 heavy (non-hydrogen) atoms. The van der Waals surface area contributed by atoms with Crippen LogP contribution < -0.4 is 0 Å². The SMILES string of the molecule is CC/C=C\C/C=C\C/C=C\C/C=C\C/C=C\C/C=C\C/C=C\C/C=C\CCCCCCCCC(=O)OCC(COC(=O)CCCCCCCCCCCCCCCC)OC(=O)C/C=C\C/C=C\C/C=C\C/C=C\C/C=C\CC. The Morgan fingerprint density at radius 1 is 0.282 bits per heavy atom. The summed E-state index contributed by atoms with van der Waals surface area (Å²) in [6.07, 6.45) is 94.2. The number of rotatable bonds is 55. The van der Waals surface area contributed by atoms with E-state index >= 15 is 0 Å². The first kappa shape index (κ1) is 73.0. The Bertz CT molecular complexity index is 1760. The van der Waals surface area contributed by atoms with E-state index in [1.54, 1.807) is 6.08 Å². The van der Waals surface area contributed by atoms with Crippen LogP contribution in [0.1, 0.15) is 258 Å². The Kier molecular flexibility index (Phi) is 60.4. The fraction of sp³-hybridized carbons (Fsp3) is 0.597. The number of esters is 3. The van der Waals surface area contributed by atoms with Crippen molar-refractivity contribution in [3.05, 3.63) is 158 Å². The Morgan fingerprint density at radius 2 is 0.538 bits per heavy atom. The van der Waals surface area contributed by atoms with Gasteiger partial charge in [-0.25, -0.2) is 0 Å². The summed E-state index contributed by atoms with van der Waals surface area (Å²) in [7, 11) is 0. The Morgan fingerprint density at radius 3 is 0.846 bits per heavy atom. The minimum Gasteiger partial charge on any atom is -0.462 e.